The number of hydrogen-bond acceptors (Lipinski definition) is 5. The average Bonchev–Trinajstić information content (AvgIpc) is 3.36. The number of carbonyl (C=O) groups excluding carboxylic acids is 1. The van der Waals surface area contributed by atoms with Gasteiger partial charge < -0.3 is 4.90 Å². The first-order valence-electron chi connectivity index (χ1n) is 10.7. The summed E-state index contributed by atoms with van der Waals surface area (Å²) < 4.78 is 7.54. The second-order valence-corrected chi connectivity index (χ2v) is 10.7. The van der Waals surface area contributed by atoms with E-state index in [-0.39, 0.29) is 29.0 Å². The highest BCUT2D eigenvalue weighted by molar-refractivity contribution is 7.08. The number of imidazole rings is 1. The van der Waals surface area contributed by atoms with E-state index in [1.165, 1.54) is 17.1 Å². The maximum Gasteiger partial charge on any atom is 0.330 e. The van der Waals surface area contributed by atoms with Crippen LogP contribution in [-0.2, 0) is 13.6 Å². The lowest BCUT2D eigenvalue weighted by Gasteiger charge is -2.44. The van der Waals surface area contributed by atoms with Gasteiger partial charge in [-0.25, -0.2) is 14.2 Å². The zero-order valence-electron chi connectivity index (χ0n) is 18.3. The Labute approximate surface area is 185 Å². The van der Waals surface area contributed by atoms with E-state index in [9.17, 15) is 9.59 Å². The molecule has 7 nitrogen and oxygen atoms in total. The molecule has 2 unspecified atom stereocenters. The van der Waals surface area contributed by atoms with Crippen molar-refractivity contribution in [3.8, 4) is 0 Å². The second kappa shape index (κ2) is 7.15. The monoisotopic (exact) mass is 437 g/mol. The predicted molar refractivity (Wildman–Crippen MR) is 122 cm³/mol. The third kappa shape index (κ3) is 3.43. The van der Waals surface area contributed by atoms with Gasteiger partial charge in [0.2, 0.25) is 0 Å². The van der Waals surface area contributed by atoms with Gasteiger partial charge in [-0.2, -0.15) is 0 Å². The zero-order chi connectivity index (χ0) is 21.9. The minimum absolute atomic E-state index is 0.00406. The molecule has 1 aliphatic carbocycles. The highest BCUT2D eigenvalue weighted by Gasteiger charge is 2.38. The smallest absolute Gasteiger partial charge is 0.330 e. The third-order valence-electron chi connectivity index (χ3n) is 6.26. The van der Waals surface area contributed by atoms with Crippen LogP contribution in [0.1, 0.15) is 49.0 Å². The molecule has 0 saturated carbocycles. The normalized spacial score (nSPS) is 21.0. The number of hydrogen-bond donors (Lipinski definition) is 0. The van der Waals surface area contributed by atoms with E-state index in [0.29, 0.717) is 23.6 Å². The lowest BCUT2D eigenvalue weighted by atomic mass is 9.78. The van der Waals surface area contributed by atoms with Crippen LogP contribution in [0.5, 0.6) is 0 Å². The third-order valence-corrected chi connectivity index (χ3v) is 6.99. The Hall–Kier alpha value is -2.74. The van der Waals surface area contributed by atoms with Gasteiger partial charge in [0, 0.05) is 32.3 Å². The van der Waals surface area contributed by atoms with Crippen molar-refractivity contribution in [1.29, 1.82) is 0 Å². The Balaban J connectivity index is 1.50. The molecule has 2 aliphatic heterocycles. The van der Waals surface area contributed by atoms with Crippen LogP contribution in [-0.4, -0.2) is 41.9 Å². The number of nitrogens with zero attached hydrogens (tertiary/aromatic N) is 5. The molecule has 3 aromatic heterocycles. The van der Waals surface area contributed by atoms with Gasteiger partial charge >= 0.3 is 5.69 Å². The van der Waals surface area contributed by atoms with Crippen LogP contribution in [0.3, 0.4) is 0 Å². The molecule has 2 bridgehead atoms. The molecule has 0 aromatic carbocycles. The van der Waals surface area contributed by atoms with Gasteiger partial charge in [-0.05, 0) is 53.6 Å². The minimum atomic E-state index is -0.0324. The number of carbonyl (C=O) groups is 1. The van der Waals surface area contributed by atoms with Gasteiger partial charge in [0.05, 0.1) is 17.3 Å². The summed E-state index contributed by atoms with van der Waals surface area (Å²) in [7, 11) is 1.79. The molecule has 5 heterocycles. The highest BCUT2D eigenvalue weighted by Crippen LogP contribution is 2.40. The van der Waals surface area contributed by atoms with Crippen LogP contribution < -0.4 is 5.69 Å². The number of aryl methyl sites for hydroxylation is 1. The van der Waals surface area contributed by atoms with Crippen molar-refractivity contribution >= 4 is 34.2 Å². The van der Waals surface area contributed by atoms with Crippen molar-refractivity contribution in [2.24, 2.45) is 18.4 Å². The van der Waals surface area contributed by atoms with E-state index in [1.807, 2.05) is 21.6 Å². The van der Waals surface area contributed by atoms with Crippen LogP contribution >= 0.6 is 11.5 Å². The Morgan fingerprint density at radius 1 is 1.23 bits per heavy atom. The minimum Gasteiger partial charge on any atom is -0.331 e. The fourth-order valence-electron chi connectivity index (χ4n) is 4.82. The molecule has 3 aromatic rings. The Kier molecular flexibility index (Phi) is 4.66. The summed E-state index contributed by atoms with van der Waals surface area (Å²) in [4.78, 5) is 33.3. The van der Waals surface area contributed by atoms with E-state index in [2.05, 4.69) is 31.2 Å². The standard InChI is InChI=1S/C23H27N5O2S/c1-23(2,3)13-28-18-8-7-17(25-20(18)26(4)22(28)30)16-11-15-6-5-14(16)12-27(15)21(29)19-9-10-24-31-19/h7-11,14-15H,5-6,12-13H2,1-4H3. The quantitative estimate of drug-likeness (QED) is 0.628. The maximum absolute atomic E-state index is 12.9. The number of rotatable bonds is 3. The fourth-order valence-corrected chi connectivity index (χ4v) is 5.37. The maximum atomic E-state index is 12.9. The number of amides is 1. The van der Waals surface area contributed by atoms with E-state index >= 15 is 0 Å². The first-order valence-corrected chi connectivity index (χ1v) is 11.5. The molecular weight excluding hydrogens is 410 g/mol. The largest absolute Gasteiger partial charge is 0.331 e. The topological polar surface area (TPSA) is 73.0 Å². The van der Waals surface area contributed by atoms with Crippen LogP contribution in [0, 0.1) is 11.3 Å². The van der Waals surface area contributed by atoms with Crippen LogP contribution in [0.15, 0.2) is 35.3 Å². The van der Waals surface area contributed by atoms with Gasteiger partial charge in [0.25, 0.3) is 5.91 Å². The molecule has 8 heteroatoms. The van der Waals surface area contributed by atoms with Crippen molar-refractivity contribution in [2.45, 2.75) is 46.2 Å². The fraction of sp³-hybridized carbons (Fsp3) is 0.478. The molecule has 6 rings (SSSR count). The summed E-state index contributed by atoms with van der Waals surface area (Å²) in [6, 6.07) is 5.93. The van der Waals surface area contributed by atoms with Gasteiger partial charge in [-0.1, -0.05) is 26.8 Å². The predicted octanol–water partition coefficient (Wildman–Crippen LogP) is 3.56. The van der Waals surface area contributed by atoms with Crippen molar-refractivity contribution in [3.05, 3.63) is 51.5 Å². The number of piperidine rings is 1. The molecule has 1 fully saturated rings. The van der Waals surface area contributed by atoms with Gasteiger partial charge in [0.1, 0.15) is 4.88 Å². The summed E-state index contributed by atoms with van der Waals surface area (Å²) in [5.74, 6) is 0.332. The molecule has 2 atom stereocenters. The zero-order valence-corrected chi connectivity index (χ0v) is 19.1. The molecule has 0 radical (unpaired) electrons. The average molecular weight is 438 g/mol. The molecule has 0 N–H and O–H groups in total. The van der Waals surface area contributed by atoms with Crippen molar-refractivity contribution < 1.29 is 4.79 Å². The summed E-state index contributed by atoms with van der Waals surface area (Å²) in [5.41, 5.74) is 3.66. The first-order chi connectivity index (χ1) is 14.7. The molecule has 3 aliphatic rings. The summed E-state index contributed by atoms with van der Waals surface area (Å²) >= 11 is 1.25. The van der Waals surface area contributed by atoms with Crippen LogP contribution in [0.4, 0.5) is 0 Å². The van der Waals surface area contributed by atoms with E-state index in [4.69, 9.17) is 4.98 Å². The van der Waals surface area contributed by atoms with Gasteiger partial charge in [0.15, 0.2) is 5.65 Å². The molecule has 1 amide bonds. The summed E-state index contributed by atoms with van der Waals surface area (Å²) in [6.45, 7) is 7.73. The van der Waals surface area contributed by atoms with Crippen molar-refractivity contribution in [1.82, 2.24) is 23.4 Å². The van der Waals surface area contributed by atoms with E-state index in [0.717, 1.165) is 24.1 Å². The second-order valence-electron chi connectivity index (χ2n) is 9.83. The van der Waals surface area contributed by atoms with Crippen molar-refractivity contribution in [2.75, 3.05) is 6.54 Å². The SMILES string of the molecule is Cn1c(=O)n(CC(C)(C)C)c2ccc(C3=CC4CCC3CN4C(=O)c3ccns3)nc21. The van der Waals surface area contributed by atoms with Gasteiger partial charge in [-0.3, -0.25) is 13.9 Å². The molecular formula is C23H27N5O2S. The molecule has 162 valence electrons. The Morgan fingerprint density at radius 2 is 2.03 bits per heavy atom. The summed E-state index contributed by atoms with van der Waals surface area (Å²) in [5, 5.41) is 0. The lowest BCUT2D eigenvalue weighted by molar-refractivity contribution is 0.0614. The Bertz CT molecular complexity index is 1250. The van der Waals surface area contributed by atoms with Crippen LogP contribution in [0.25, 0.3) is 16.7 Å². The highest BCUT2D eigenvalue weighted by atomic mass is 32.1. The first kappa shape index (κ1) is 20.2. The van der Waals surface area contributed by atoms with E-state index in [1.54, 1.807) is 23.9 Å². The van der Waals surface area contributed by atoms with Crippen molar-refractivity contribution in [3.63, 3.8) is 0 Å². The van der Waals surface area contributed by atoms with Gasteiger partial charge in [-0.15, -0.1) is 0 Å². The van der Waals surface area contributed by atoms with E-state index < -0.39 is 0 Å². The number of fused-ring (bicyclic) bond motifs is 3. The molecule has 0 spiro atoms. The lowest BCUT2D eigenvalue weighted by Crippen LogP contribution is -2.49. The Morgan fingerprint density at radius 3 is 2.68 bits per heavy atom. The molecule has 1 saturated heterocycles. The molecule has 31 heavy (non-hydrogen) atoms. The number of pyridine rings is 1. The van der Waals surface area contributed by atoms with Crippen LogP contribution in [0.2, 0.25) is 0 Å². The summed E-state index contributed by atoms with van der Waals surface area (Å²) in [6.07, 6.45) is 5.90. The number of aromatic nitrogens is 4.